The zero-order valence-electron chi connectivity index (χ0n) is 18.1. The van der Waals surface area contributed by atoms with Gasteiger partial charge in [0.1, 0.15) is 10.8 Å². The van der Waals surface area contributed by atoms with Gasteiger partial charge >= 0.3 is 0 Å². The highest BCUT2D eigenvalue weighted by Gasteiger charge is 2.17. The maximum absolute atomic E-state index is 5.26. The lowest BCUT2D eigenvalue weighted by atomic mass is 10.0. The van der Waals surface area contributed by atoms with Gasteiger partial charge < -0.3 is 4.74 Å². The second-order valence-electron chi connectivity index (χ2n) is 7.83. The molecule has 8 heteroatoms. The summed E-state index contributed by atoms with van der Waals surface area (Å²) in [5, 5.41) is 15.6. The minimum atomic E-state index is 0.631. The van der Waals surface area contributed by atoms with Gasteiger partial charge in [-0.3, -0.25) is 0 Å². The highest BCUT2D eigenvalue weighted by Crippen LogP contribution is 2.35. The molecule has 0 atom stereocenters. The number of rotatable bonds is 5. The van der Waals surface area contributed by atoms with Crippen LogP contribution in [0.3, 0.4) is 0 Å². The molecule has 6 rings (SSSR count). The standard InChI is InChI=1S/C26H18BrN5OS/c1-33-19-10-7-16(8-11-19)13-24-29-30-26-32(24)31-25(34-26)21-15-23(17-5-3-2-4-6-17)28-22-12-9-18(27)14-20(21)22/h2-12,14-15H,13H2,1H3. The van der Waals surface area contributed by atoms with E-state index in [1.165, 1.54) is 11.3 Å². The summed E-state index contributed by atoms with van der Waals surface area (Å²) < 4.78 is 8.10. The Balaban J connectivity index is 1.46. The molecule has 3 aromatic heterocycles. The summed E-state index contributed by atoms with van der Waals surface area (Å²) in [6, 6.07) is 26.4. The molecule has 6 nitrogen and oxygen atoms in total. The molecule has 0 fully saturated rings. The largest absolute Gasteiger partial charge is 0.497 e. The van der Waals surface area contributed by atoms with Crippen molar-refractivity contribution in [1.82, 2.24) is 24.8 Å². The molecule has 0 radical (unpaired) electrons. The first-order chi connectivity index (χ1) is 16.7. The minimum Gasteiger partial charge on any atom is -0.497 e. The summed E-state index contributed by atoms with van der Waals surface area (Å²) in [6.07, 6.45) is 0.631. The van der Waals surface area contributed by atoms with Crippen molar-refractivity contribution in [3.63, 3.8) is 0 Å². The van der Waals surface area contributed by atoms with Crippen molar-refractivity contribution in [2.75, 3.05) is 7.11 Å². The number of aromatic nitrogens is 5. The highest BCUT2D eigenvalue weighted by atomic mass is 79.9. The molecule has 0 bridgehead atoms. The van der Waals surface area contributed by atoms with Crippen molar-refractivity contribution in [1.29, 1.82) is 0 Å². The summed E-state index contributed by atoms with van der Waals surface area (Å²) in [5.74, 6) is 1.63. The molecule has 0 unspecified atom stereocenters. The molecule has 0 aliphatic rings. The van der Waals surface area contributed by atoms with E-state index in [1.807, 2.05) is 59.1 Å². The lowest BCUT2D eigenvalue weighted by molar-refractivity contribution is 0.414. The molecule has 0 amide bonds. The Kier molecular flexibility index (Phi) is 5.31. The second-order valence-corrected chi connectivity index (χ2v) is 9.70. The third-order valence-corrected chi connectivity index (χ3v) is 7.07. The Labute approximate surface area is 208 Å². The van der Waals surface area contributed by atoms with Gasteiger partial charge in [-0.25, -0.2) is 4.98 Å². The average Bonchev–Trinajstić information content (AvgIpc) is 3.46. The fourth-order valence-electron chi connectivity index (χ4n) is 3.93. The van der Waals surface area contributed by atoms with Crippen LogP contribution in [-0.2, 0) is 6.42 Å². The first kappa shape index (κ1) is 20.9. The summed E-state index contributed by atoms with van der Waals surface area (Å²) in [5.41, 5.74) is 5.04. The van der Waals surface area contributed by atoms with Crippen LogP contribution >= 0.6 is 27.3 Å². The monoisotopic (exact) mass is 527 g/mol. The smallest absolute Gasteiger partial charge is 0.234 e. The predicted octanol–water partition coefficient (Wildman–Crippen LogP) is 6.43. The fraction of sp³-hybridized carbons (Fsp3) is 0.0769. The molecule has 34 heavy (non-hydrogen) atoms. The van der Waals surface area contributed by atoms with E-state index in [4.69, 9.17) is 14.8 Å². The number of fused-ring (bicyclic) bond motifs is 2. The van der Waals surface area contributed by atoms with Crippen LogP contribution in [0.1, 0.15) is 11.4 Å². The van der Waals surface area contributed by atoms with Gasteiger partial charge in [-0.1, -0.05) is 69.7 Å². The van der Waals surface area contributed by atoms with Gasteiger partial charge in [0, 0.05) is 27.4 Å². The van der Waals surface area contributed by atoms with E-state index in [0.29, 0.717) is 6.42 Å². The van der Waals surface area contributed by atoms with Crippen molar-refractivity contribution in [2.45, 2.75) is 6.42 Å². The van der Waals surface area contributed by atoms with Crippen LogP contribution in [-0.4, -0.2) is 31.9 Å². The Hall–Kier alpha value is -3.62. The predicted molar refractivity (Wildman–Crippen MR) is 138 cm³/mol. The Morgan fingerprint density at radius 1 is 0.941 bits per heavy atom. The van der Waals surface area contributed by atoms with Crippen LogP contribution in [0.4, 0.5) is 0 Å². The molecule has 0 aliphatic carbocycles. The number of nitrogens with zero attached hydrogens (tertiary/aromatic N) is 5. The van der Waals surface area contributed by atoms with Crippen LogP contribution in [0.2, 0.25) is 0 Å². The minimum absolute atomic E-state index is 0.631. The number of hydrogen-bond acceptors (Lipinski definition) is 6. The van der Waals surface area contributed by atoms with Gasteiger partial charge in [-0.15, -0.1) is 10.2 Å². The van der Waals surface area contributed by atoms with Crippen molar-refractivity contribution < 1.29 is 4.74 Å². The SMILES string of the molecule is COc1ccc(Cc2nnc3sc(-c4cc(-c5ccccc5)nc5ccc(Br)cc45)nn23)cc1. The lowest BCUT2D eigenvalue weighted by Crippen LogP contribution is -1.98. The molecule has 3 heterocycles. The zero-order chi connectivity index (χ0) is 23.1. The third kappa shape index (κ3) is 3.85. The quantitative estimate of drug-likeness (QED) is 0.258. The number of hydrogen-bond donors (Lipinski definition) is 0. The first-order valence-corrected chi connectivity index (χ1v) is 12.3. The average molecular weight is 528 g/mol. The maximum Gasteiger partial charge on any atom is 0.234 e. The Morgan fingerprint density at radius 3 is 2.56 bits per heavy atom. The van der Waals surface area contributed by atoms with Crippen LogP contribution < -0.4 is 4.74 Å². The number of halogens is 1. The van der Waals surface area contributed by atoms with Crippen LogP contribution in [0.5, 0.6) is 5.75 Å². The van der Waals surface area contributed by atoms with Crippen molar-refractivity contribution in [2.24, 2.45) is 0 Å². The van der Waals surface area contributed by atoms with E-state index in [-0.39, 0.29) is 0 Å². The molecular weight excluding hydrogens is 510 g/mol. The topological polar surface area (TPSA) is 65.2 Å². The van der Waals surface area contributed by atoms with E-state index in [0.717, 1.165) is 59.3 Å². The van der Waals surface area contributed by atoms with Crippen LogP contribution in [0.15, 0.2) is 83.3 Å². The normalized spacial score (nSPS) is 11.4. The van der Waals surface area contributed by atoms with E-state index in [2.05, 4.69) is 50.4 Å². The Morgan fingerprint density at radius 2 is 1.76 bits per heavy atom. The zero-order valence-corrected chi connectivity index (χ0v) is 20.5. The van der Waals surface area contributed by atoms with Gasteiger partial charge in [0.25, 0.3) is 0 Å². The number of methoxy groups -OCH3 is 1. The summed E-state index contributed by atoms with van der Waals surface area (Å²) in [4.78, 5) is 5.68. The van der Waals surface area contributed by atoms with Gasteiger partial charge in [-0.05, 0) is 42.0 Å². The maximum atomic E-state index is 5.26. The molecule has 0 saturated heterocycles. The van der Waals surface area contributed by atoms with Crippen LogP contribution in [0, 0.1) is 0 Å². The third-order valence-electron chi connectivity index (χ3n) is 5.65. The van der Waals surface area contributed by atoms with Crippen molar-refractivity contribution >= 4 is 43.1 Å². The molecule has 166 valence electrons. The van der Waals surface area contributed by atoms with E-state index < -0.39 is 0 Å². The van der Waals surface area contributed by atoms with Crippen molar-refractivity contribution in [3.05, 3.63) is 94.7 Å². The summed E-state index contributed by atoms with van der Waals surface area (Å²) in [6.45, 7) is 0. The van der Waals surface area contributed by atoms with Gasteiger partial charge in [0.2, 0.25) is 4.96 Å². The molecule has 0 N–H and O–H groups in total. The fourth-order valence-corrected chi connectivity index (χ4v) is 5.18. The van der Waals surface area contributed by atoms with Crippen molar-refractivity contribution in [3.8, 4) is 27.6 Å². The number of ether oxygens (including phenoxy) is 1. The molecule has 0 spiro atoms. The first-order valence-electron chi connectivity index (χ1n) is 10.7. The molecular formula is C26H18BrN5OS. The van der Waals surface area contributed by atoms with Gasteiger partial charge in [0.05, 0.1) is 18.3 Å². The highest BCUT2D eigenvalue weighted by molar-refractivity contribution is 9.10. The van der Waals surface area contributed by atoms with Crippen LogP contribution in [0.25, 0.3) is 37.7 Å². The number of pyridine rings is 1. The second kappa shape index (κ2) is 8.62. The lowest BCUT2D eigenvalue weighted by Gasteiger charge is -2.08. The molecule has 3 aromatic carbocycles. The molecule has 0 saturated carbocycles. The van der Waals surface area contributed by atoms with E-state index >= 15 is 0 Å². The number of benzene rings is 3. The Bertz CT molecular complexity index is 1630. The molecule has 6 aromatic rings. The van der Waals surface area contributed by atoms with E-state index in [9.17, 15) is 0 Å². The summed E-state index contributed by atoms with van der Waals surface area (Å²) in [7, 11) is 1.67. The summed E-state index contributed by atoms with van der Waals surface area (Å²) >= 11 is 5.13. The van der Waals surface area contributed by atoms with Gasteiger partial charge in [0.15, 0.2) is 5.82 Å². The molecule has 0 aliphatic heterocycles. The van der Waals surface area contributed by atoms with E-state index in [1.54, 1.807) is 7.11 Å². The van der Waals surface area contributed by atoms with Gasteiger partial charge in [-0.2, -0.15) is 9.61 Å².